The zero-order valence-corrected chi connectivity index (χ0v) is 23.4. The second kappa shape index (κ2) is 12.9. The summed E-state index contributed by atoms with van der Waals surface area (Å²) < 4.78 is 2.04. The van der Waals surface area contributed by atoms with Crippen molar-refractivity contribution >= 4 is 17.9 Å². The Balaban J connectivity index is 1.23. The SMILES string of the molecule is CN(C[C@H](O)CNC(C)(C)CC1Cc2ccccc2C1)Sc1cncc(-c2ccc(CCC(=O)O)cc2)c1. The Kier molecular flexibility index (Phi) is 9.60. The molecule has 1 aromatic heterocycles. The van der Waals surface area contributed by atoms with E-state index in [4.69, 9.17) is 5.11 Å². The topological polar surface area (TPSA) is 85.7 Å². The molecule has 3 N–H and O–H groups in total. The van der Waals surface area contributed by atoms with Crippen LogP contribution >= 0.6 is 11.9 Å². The van der Waals surface area contributed by atoms with E-state index < -0.39 is 12.1 Å². The lowest BCUT2D eigenvalue weighted by atomic mass is 9.88. The molecule has 0 saturated heterocycles. The largest absolute Gasteiger partial charge is 0.481 e. The van der Waals surface area contributed by atoms with E-state index in [1.165, 1.54) is 11.1 Å². The number of aliphatic hydroxyl groups excluding tert-OH is 1. The van der Waals surface area contributed by atoms with Crippen LogP contribution in [0.5, 0.6) is 0 Å². The van der Waals surface area contributed by atoms with E-state index in [9.17, 15) is 9.90 Å². The van der Waals surface area contributed by atoms with Crippen LogP contribution in [0.1, 0.15) is 43.4 Å². The molecular weight excluding hydrogens is 494 g/mol. The minimum Gasteiger partial charge on any atom is -0.481 e. The van der Waals surface area contributed by atoms with Crippen molar-refractivity contribution in [2.24, 2.45) is 5.92 Å². The van der Waals surface area contributed by atoms with E-state index in [0.29, 0.717) is 25.4 Å². The van der Waals surface area contributed by atoms with E-state index in [1.54, 1.807) is 11.9 Å². The van der Waals surface area contributed by atoms with Crippen molar-refractivity contribution in [3.63, 3.8) is 0 Å². The number of benzene rings is 2. The number of fused-ring (bicyclic) bond motifs is 1. The zero-order valence-electron chi connectivity index (χ0n) is 22.6. The molecule has 1 heterocycles. The molecule has 0 bridgehead atoms. The predicted molar refractivity (Wildman–Crippen MR) is 154 cm³/mol. The Morgan fingerprint density at radius 1 is 1.11 bits per heavy atom. The van der Waals surface area contributed by atoms with Gasteiger partial charge in [-0.25, -0.2) is 4.31 Å². The number of aryl methyl sites for hydroxylation is 1. The molecule has 2 aromatic carbocycles. The summed E-state index contributed by atoms with van der Waals surface area (Å²) in [4.78, 5) is 16.2. The first-order valence-electron chi connectivity index (χ1n) is 13.3. The average molecular weight is 534 g/mol. The fraction of sp³-hybridized carbons (Fsp3) is 0.419. The molecule has 3 aromatic rings. The van der Waals surface area contributed by atoms with Crippen LogP contribution in [0.25, 0.3) is 11.1 Å². The van der Waals surface area contributed by atoms with Gasteiger partial charge in [0.2, 0.25) is 0 Å². The molecule has 0 radical (unpaired) electrons. The number of aliphatic carboxylic acids is 1. The van der Waals surface area contributed by atoms with Crippen LogP contribution in [0, 0.1) is 5.92 Å². The highest BCUT2D eigenvalue weighted by molar-refractivity contribution is 7.97. The number of β-amino-alcohol motifs (C(OH)–C–C–N with tert-alkyl or cyclic N) is 1. The van der Waals surface area contributed by atoms with Crippen LogP contribution in [-0.4, -0.2) is 57.3 Å². The standard InChI is InChI=1S/C31H39N3O3S/c1-31(2,17-23-14-25-6-4-5-7-26(25)15-23)33-19-28(35)21-34(3)38-29-16-27(18-32-20-29)24-11-8-22(9-12-24)10-13-30(36)37/h4-9,11-12,16,18,20,23,28,33,35H,10,13-15,17,19,21H2,1-3H3,(H,36,37)/t28-/m1/s1. The summed E-state index contributed by atoms with van der Waals surface area (Å²) in [6, 6.07) is 18.8. The number of likely N-dealkylation sites (N-methyl/N-ethyl adjacent to an activating group) is 1. The number of aromatic nitrogens is 1. The third-order valence-electron chi connectivity index (χ3n) is 7.11. The molecular formula is C31H39N3O3S. The molecule has 0 unspecified atom stereocenters. The highest BCUT2D eigenvalue weighted by Crippen LogP contribution is 2.32. The summed E-state index contributed by atoms with van der Waals surface area (Å²) >= 11 is 1.57. The van der Waals surface area contributed by atoms with Crippen LogP contribution in [0.2, 0.25) is 0 Å². The van der Waals surface area contributed by atoms with Gasteiger partial charge in [0.05, 0.1) is 6.10 Å². The summed E-state index contributed by atoms with van der Waals surface area (Å²) in [5.41, 5.74) is 5.98. The first-order valence-corrected chi connectivity index (χ1v) is 14.1. The van der Waals surface area contributed by atoms with Crippen LogP contribution in [0.3, 0.4) is 0 Å². The van der Waals surface area contributed by atoms with Gasteiger partial charge in [-0.2, -0.15) is 0 Å². The van der Waals surface area contributed by atoms with Crippen molar-refractivity contribution in [1.29, 1.82) is 0 Å². The summed E-state index contributed by atoms with van der Waals surface area (Å²) in [7, 11) is 1.98. The quantitative estimate of drug-likeness (QED) is 0.259. The van der Waals surface area contributed by atoms with Gasteiger partial charge in [0.1, 0.15) is 0 Å². The summed E-state index contributed by atoms with van der Waals surface area (Å²) in [5.74, 6) is -0.141. The van der Waals surface area contributed by atoms with E-state index in [-0.39, 0.29) is 12.0 Å². The van der Waals surface area contributed by atoms with Gasteiger partial charge in [0.25, 0.3) is 0 Å². The normalized spacial score (nSPS) is 14.6. The van der Waals surface area contributed by atoms with Gasteiger partial charge in [-0.1, -0.05) is 48.5 Å². The molecule has 1 aliphatic rings. The number of nitrogens with one attached hydrogen (secondary N) is 1. The van der Waals surface area contributed by atoms with Crippen molar-refractivity contribution in [1.82, 2.24) is 14.6 Å². The fourth-order valence-corrected chi connectivity index (χ4v) is 6.20. The van der Waals surface area contributed by atoms with Crippen molar-refractivity contribution in [2.45, 2.75) is 62.5 Å². The molecule has 7 heteroatoms. The molecule has 1 atom stereocenters. The molecule has 38 heavy (non-hydrogen) atoms. The molecule has 0 fully saturated rings. The Hall–Kier alpha value is -2.71. The molecule has 0 amide bonds. The third-order valence-corrected chi connectivity index (χ3v) is 8.00. The number of carboxylic acid groups (broad SMARTS) is 1. The highest BCUT2D eigenvalue weighted by Gasteiger charge is 2.28. The number of hydrogen-bond acceptors (Lipinski definition) is 6. The fourth-order valence-electron chi connectivity index (χ4n) is 5.30. The van der Waals surface area contributed by atoms with Gasteiger partial charge in [-0.3, -0.25) is 9.78 Å². The Morgan fingerprint density at radius 3 is 2.45 bits per heavy atom. The number of aliphatic hydroxyl groups is 1. The molecule has 4 rings (SSSR count). The number of carbonyl (C=O) groups is 1. The maximum Gasteiger partial charge on any atom is 0.303 e. The molecule has 1 aliphatic carbocycles. The van der Waals surface area contributed by atoms with Crippen LogP contribution in [0.4, 0.5) is 0 Å². The van der Waals surface area contributed by atoms with Crippen LogP contribution < -0.4 is 5.32 Å². The average Bonchev–Trinajstić information content (AvgIpc) is 3.28. The maximum absolute atomic E-state index is 10.8. The monoisotopic (exact) mass is 533 g/mol. The number of hydrogen-bond donors (Lipinski definition) is 3. The van der Waals surface area contributed by atoms with E-state index >= 15 is 0 Å². The second-order valence-corrected chi connectivity index (χ2v) is 12.3. The van der Waals surface area contributed by atoms with E-state index in [0.717, 1.165) is 40.8 Å². The second-order valence-electron chi connectivity index (χ2n) is 11.1. The lowest BCUT2D eigenvalue weighted by Gasteiger charge is -2.31. The van der Waals surface area contributed by atoms with Crippen molar-refractivity contribution in [3.8, 4) is 11.1 Å². The molecule has 202 valence electrons. The van der Waals surface area contributed by atoms with Gasteiger partial charge >= 0.3 is 5.97 Å². The minimum atomic E-state index is -0.785. The highest BCUT2D eigenvalue weighted by atomic mass is 32.2. The smallest absolute Gasteiger partial charge is 0.303 e. The maximum atomic E-state index is 10.8. The molecule has 0 spiro atoms. The lowest BCUT2D eigenvalue weighted by Crippen LogP contribution is -2.46. The van der Waals surface area contributed by atoms with Crippen LogP contribution in [-0.2, 0) is 24.1 Å². The summed E-state index contributed by atoms with van der Waals surface area (Å²) in [5, 5.41) is 23.2. The molecule has 0 aliphatic heterocycles. The van der Waals surface area contributed by atoms with Gasteiger partial charge in [0, 0.05) is 47.9 Å². The zero-order chi connectivity index (χ0) is 27.1. The number of carboxylic acids is 1. The van der Waals surface area contributed by atoms with Gasteiger partial charge < -0.3 is 15.5 Å². The van der Waals surface area contributed by atoms with Gasteiger partial charge in [-0.05, 0) is 92.8 Å². The van der Waals surface area contributed by atoms with Crippen LogP contribution in [0.15, 0.2) is 71.9 Å². The van der Waals surface area contributed by atoms with Gasteiger partial charge in [0.15, 0.2) is 0 Å². The Bertz CT molecular complexity index is 1190. The summed E-state index contributed by atoms with van der Waals surface area (Å²) in [6.45, 7) is 5.54. The number of pyridine rings is 1. The first kappa shape index (κ1) is 28.3. The summed E-state index contributed by atoms with van der Waals surface area (Å²) in [6.07, 6.45) is 7.21. The number of nitrogens with zero attached hydrogens (tertiary/aromatic N) is 2. The molecule has 0 saturated carbocycles. The lowest BCUT2D eigenvalue weighted by molar-refractivity contribution is -0.136. The predicted octanol–water partition coefficient (Wildman–Crippen LogP) is 5.24. The number of rotatable bonds is 13. The molecule has 6 nitrogen and oxygen atoms in total. The van der Waals surface area contributed by atoms with Gasteiger partial charge in [-0.15, -0.1) is 0 Å². The van der Waals surface area contributed by atoms with Crippen molar-refractivity contribution in [2.75, 3.05) is 20.1 Å². The van der Waals surface area contributed by atoms with E-state index in [1.807, 2.05) is 48.0 Å². The van der Waals surface area contributed by atoms with Crippen molar-refractivity contribution < 1.29 is 15.0 Å². The Labute approximate surface area is 230 Å². The van der Waals surface area contributed by atoms with E-state index in [2.05, 4.69) is 54.5 Å². The first-order chi connectivity index (χ1) is 18.2. The minimum absolute atomic E-state index is 0.0408. The third kappa shape index (κ3) is 8.40. The van der Waals surface area contributed by atoms with Crippen molar-refractivity contribution in [3.05, 3.63) is 83.7 Å². The Morgan fingerprint density at radius 2 is 1.79 bits per heavy atom.